The molecule has 0 saturated heterocycles. The van der Waals surface area contributed by atoms with Crippen molar-refractivity contribution in [1.82, 2.24) is 9.97 Å². The lowest BCUT2D eigenvalue weighted by Crippen LogP contribution is -2.06. The van der Waals surface area contributed by atoms with Gasteiger partial charge in [0.15, 0.2) is 5.16 Å². The first-order valence-electron chi connectivity index (χ1n) is 8.17. The van der Waals surface area contributed by atoms with E-state index < -0.39 is 0 Å². The first-order chi connectivity index (χ1) is 12.1. The Hall–Kier alpha value is -2.64. The molecule has 2 aromatic carbocycles. The van der Waals surface area contributed by atoms with Gasteiger partial charge in [0.1, 0.15) is 5.25 Å². The Kier molecular flexibility index (Phi) is 5.47. The Morgan fingerprint density at radius 3 is 2.40 bits per heavy atom. The monoisotopic (exact) mass is 345 g/mol. The Morgan fingerprint density at radius 2 is 1.72 bits per heavy atom. The van der Waals surface area contributed by atoms with Gasteiger partial charge in [0, 0.05) is 11.3 Å². The molecule has 0 fully saturated rings. The van der Waals surface area contributed by atoms with Gasteiger partial charge in [-0.15, -0.1) is 0 Å². The average Bonchev–Trinajstić information content (AvgIpc) is 2.63. The van der Waals surface area contributed by atoms with Crippen LogP contribution in [-0.2, 0) is 6.42 Å². The number of hydrogen-bond acceptors (Lipinski definition) is 4. The summed E-state index contributed by atoms with van der Waals surface area (Å²) in [6, 6.07) is 22.7. The van der Waals surface area contributed by atoms with Crippen LogP contribution in [0.1, 0.15) is 16.8 Å². The van der Waals surface area contributed by atoms with Gasteiger partial charge in [0.2, 0.25) is 0 Å². The first-order valence-corrected chi connectivity index (χ1v) is 9.05. The summed E-state index contributed by atoms with van der Waals surface area (Å²) in [6.07, 6.45) is 0.680. The van der Waals surface area contributed by atoms with E-state index >= 15 is 0 Å². The van der Waals surface area contributed by atoms with E-state index in [0.29, 0.717) is 11.6 Å². The van der Waals surface area contributed by atoms with Gasteiger partial charge in [-0.2, -0.15) is 5.26 Å². The predicted octanol–water partition coefficient (Wildman–Crippen LogP) is 4.99. The SMILES string of the molecule is Cc1ccc(C[C@H](C#N)Sc2nc(C)cc(-c3ccccc3)n2)cc1. The lowest BCUT2D eigenvalue weighted by Gasteiger charge is -2.10. The second-order valence-electron chi connectivity index (χ2n) is 5.97. The molecule has 124 valence electrons. The zero-order valence-electron chi connectivity index (χ0n) is 14.3. The molecule has 3 rings (SSSR count). The number of benzene rings is 2. The van der Waals surface area contributed by atoms with Crippen molar-refractivity contribution in [2.45, 2.75) is 30.7 Å². The molecular weight excluding hydrogens is 326 g/mol. The molecule has 0 bridgehead atoms. The van der Waals surface area contributed by atoms with Crippen molar-refractivity contribution < 1.29 is 0 Å². The molecular formula is C21H19N3S. The third-order valence-electron chi connectivity index (χ3n) is 3.84. The van der Waals surface area contributed by atoms with Crippen molar-refractivity contribution in [3.63, 3.8) is 0 Å². The number of nitriles is 1. The molecule has 3 nitrogen and oxygen atoms in total. The van der Waals surface area contributed by atoms with Crippen LogP contribution in [0.4, 0.5) is 0 Å². The summed E-state index contributed by atoms with van der Waals surface area (Å²) in [5.41, 5.74) is 5.23. The average molecular weight is 345 g/mol. The Labute approximate surface area is 152 Å². The van der Waals surface area contributed by atoms with Crippen LogP contribution < -0.4 is 0 Å². The molecule has 0 aliphatic carbocycles. The smallest absolute Gasteiger partial charge is 0.189 e. The topological polar surface area (TPSA) is 49.6 Å². The number of thioether (sulfide) groups is 1. The summed E-state index contributed by atoms with van der Waals surface area (Å²) >= 11 is 1.43. The number of aryl methyl sites for hydroxylation is 2. The third kappa shape index (κ3) is 4.68. The van der Waals surface area contributed by atoms with Crippen molar-refractivity contribution in [2.24, 2.45) is 0 Å². The number of nitrogens with zero attached hydrogens (tertiary/aromatic N) is 3. The van der Waals surface area contributed by atoms with Gasteiger partial charge in [-0.05, 0) is 31.9 Å². The summed E-state index contributed by atoms with van der Waals surface area (Å²) in [4.78, 5) is 9.15. The lowest BCUT2D eigenvalue weighted by atomic mass is 10.1. The molecule has 1 atom stereocenters. The molecule has 3 aromatic rings. The highest BCUT2D eigenvalue weighted by Gasteiger charge is 2.14. The van der Waals surface area contributed by atoms with Gasteiger partial charge >= 0.3 is 0 Å². The Morgan fingerprint density at radius 1 is 1.00 bits per heavy atom. The van der Waals surface area contributed by atoms with Crippen molar-refractivity contribution in [2.75, 3.05) is 0 Å². The van der Waals surface area contributed by atoms with Crippen LogP contribution in [0.25, 0.3) is 11.3 Å². The van der Waals surface area contributed by atoms with Crippen LogP contribution in [0.3, 0.4) is 0 Å². The highest BCUT2D eigenvalue weighted by atomic mass is 32.2. The van der Waals surface area contributed by atoms with E-state index in [2.05, 4.69) is 47.2 Å². The molecule has 0 spiro atoms. The summed E-state index contributed by atoms with van der Waals surface area (Å²) in [5, 5.41) is 9.97. The largest absolute Gasteiger partial charge is 0.228 e. The fourth-order valence-electron chi connectivity index (χ4n) is 2.53. The summed E-state index contributed by atoms with van der Waals surface area (Å²) in [6.45, 7) is 4.02. The fourth-order valence-corrected chi connectivity index (χ4v) is 3.46. The predicted molar refractivity (Wildman–Crippen MR) is 102 cm³/mol. The highest BCUT2D eigenvalue weighted by Crippen LogP contribution is 2.26. The first kappa shape index (κ1) is 17.2. The van der Waals surface area contributed by atoms with Gasteiger partial charge in [0.25, 0.3) is 0 Å². The number of rotatable bonds is 5. The molecule has 0 N–H and O–H groups in total. The number of hydrogen-bond donors (Lipinski definition) is 0. The van der Waals surface area contributed by atoms with Gasteiger partial charge in [0.05, 0.1) is 11.8 Å². The van der Waals surface area contributed by atoms with E-state index in [1.165, 1.54) is 17.3 Å². The van der Waals surface area contributed by atoms with E-state index in [0.717, 1.165) is 22.5 Å². The van der Waals surface area contributed by atoms with Gasteiger partial charge in [-0.25, -0.2) is 9.97 Å². The molecule has 1 heterocycles. The highest BCUT2D eigenvalue weighted by molar-refractivity contribution is 8.00. The molecule has 0 amide bonds. The second-order valence-corrected chi connectivity index (χ2v) is 7.14. The minimum atomic E-state index is -0.215. The Bertz CT molecular complexity index is 883. The normalized spacial score (nSPS) is 11.7. The summed E-state index contributed by atoms with van der Waals surface area (Å²) < 4.78 is 0. The maximum Gasteiger partial charge on any atom is 0.189 e. The molecule has 4 heteroatoms. The van der Waals surface area contributed by atoms with Crippen molar-refractivity contribution in [3.05, 3.63) is 77.5 Å². The number of aromatic nitrogens is 2. The van der Waals surface area contributed by atoms with E-state index in [-0.39, 0.29) is 5.25 Å². The molecule has 0 aliphatic rings. The minimum Gasteiger partial charge on any atom is -0.228 e. The van der Waals surface area contributed by atoms with Gasteiger partial charge in [-0.3, -0.25) is 0 Å². The minimum absolute atomic E-state index is 0.215. The zero-order valence-corrected chi connectivity index (χ0v) is 15.1. The lowest BCUT2D eigenvalue weighted by molar-refractivity contribution is 0.924. The van der Waals surface area contributed by atoms with Crippen LogP contribution >= 0.6 is 11.8 Å². The molecule has 0 unspecified atom stereocenters. The molecule has 0 aliphatic heterocycles. The zero-order chi connectivity index (χ0) is 17.6. The molecule has 1 aromatic heterocycles. The van der Waals surface area contributed by atoms with Crippen LogP contribution in [0.15, 0.2) is 65.8 Å². The van der Waals surface area contributed by atoms with Crippen molar-refractivity contribution >= 4 is 11.8 Å². The van der Waals surface area contributed by atoms with E-state index in [9.17, 15) is 5.26 Å². The van der Waals surface area contributed by atoms with E-state index in [4.69, 9.17) is 0 Å². The third-order valence-corrected chi connectivity index (χ3v) is 4.79. The summed E-state index contributed by atoms with van der Waals surface area (Å²) in [7, 11) is 0. The Balaban J connectivity index is 1.80. The van der Waals surface area contributed by atoms with Crippen molar-refractivity contribution in [3.8, 4) is 17.3 Å². The molecule has 0 saturated carbocycles. The molecule has 0 radical (unpaired) electrons. The maximum atomic E-state index is 9.53. The second kappa shape index (κ2) is 7.96. The van der Waals surface area contributed by atoms with Gasteiger partial charge < -0.3 is 0 Å². The summed E-state index contributed by atoms with van der Waals surface area (Å²) in [5.74, 6) is 0. The standard InChI is InChI=1S/C21H19N3S/c1-15-8-10-17(11-9-15)13-19(14-22)25-21-23-16(2)12-20(24-21)18-6-4-3-5-7-18/h3-12,19H,13H2,1-2H3/t19-/m1/s1. The van der Waals surface area contributed by atoms with Crippen LogP contribution in [0.2, 0.25) is 0 Å². The van der Waals surface area contributed by atoms with Crippen LogP contribution in [-0.4, -0.2) is 15.2 Å². The van der Waals surface area contributed by atoms with E-state index in [1.807, 2.05) is 43.3 Å². The van der Waals surface area contributed by atoms with Gasteiger partial charge in [-0.1, -0.05) is 71.9 Å². The quantitative estimate of drug-likeness (QED) is 0.483. The van der Waals surface area contributed by atoms with E-state index in [1.54, 1.807) is 0 Å². The fraction of sp³-hybridized carbons (Fsp3) is 0.190. The van der Waals surface area contributed by atoms with Crippen molar-refractivity contribution in [1.29, 1.82) is 5.26 Å². The maximum absolute atomic E-state index is 9.53. The molecule has 25 heavy (non-hydrogen) atoms. The van der Waals surface area contributed by atoms with Crippen LogP contribution in [0, 0.1) is 25.2 Å². The van der Waals surface area contributed by atoms with Crippen LogP contribution in [0.5, 0.6) is 0 Å².